The highest BCUT2D eigenvalue weighted by Gasteiger charge is 2.20. The van der Waals surface area contributed by atoms with Crippen molar-refractivity contribution in [3.63, 3.8) is 0 Å². The Hall–Kier alpha value is -2.36. The van der Waals surface area contributed by atoms with Crippen molar-refractivity contribution in [3.05, 3.63) is 47.5 Å². The molecule has 0 unspecified atom stereocenters. The van der Waals surface area contributed by atoms with Crippen LogP contribution < -0.4 is 4.90 Å². The SMILES string of the molecule is Cc1ccc2c(N3CCCC3)nc(C3=CCCCC=C3O)nc2c1. The quantitative estimate of drug-likeness (QED) is 0.881. The van der Waals surface area contributed by atoms with E-state index in [4.69, 9.17) is 9.97 Å². The molecule has 4 nitrogen and oxygen atoms in total. The molecule has 24 heavy (non-hydrogen) atoms. The van der Waals surface area contributed by atoms with Crippen LogP contribution in [0.1, 0.15) is 43.5 Å². The van der Waals surface area contributed by atoms with Gasteiger partial charge in [0.2, 0.25) is 0 Å². The van der Waals surface area contributed by atoms with Crippen molar-refractivity contribution in [1.29, 1.82) is 0 Å². The number of fused-ring (bicyclic) bond motifs is 1. The van der Waals surface area contributed by atoms with Crippen molar-refractivity contribution in [1.82, 2.24) is 9.97 Å². The summed E-state index contributed by atoms with van der Waals surface area (Å²) in [7, 11) is 0. The highest BCUT2D eigenvalue weighted by molar-refractivity contribution is 5.92. The fraction of sp³-hybridized carbons (Fsp3) is 0.400. The van der Waals surface area contributed by atoms with Gasteiger partial charge in [-0.05, 0) is 62.8 Å². The van der Waals surface area contributed by atoms with E-state index in [1.165, 1.54) is 18.4 Å². The van der Waals surface area contributed by atoms with E-state index in [1.807, 2.05) is 6.08 Å². The van der Waals surface area contributed by atoms with Gasteiger partial charge < -0.3 is 10.0 Å². The average Bonchev–Trinajstić information content (AvgIpc) is 3.02. The first-order valence-corrected chi connectivity index (χ1v) is 8.86. The molecule has 0 radical (unpaired) electrons. The molecule has 2 aliphatic rings. The first-order valence-electron chi connectivity index (χ1n) is 8.86. The lowest BCUT2D eigenvalue weighted by molar-refractivity contribution is 0.435. The van der Waals surface area contributed by atoms with Gasteiger partial charge in [0, 0.05) is 18.5 Å². The van der Waals surface area contributed by atoms with Crippen LogP contribution in [-0.4, -0.2) is 28.2 Å². The van der Waals surface area contributed by atoms with Gasteiger partial charge in [0.1, 0.15) is 11.6 Å². The maximum Gasteiger partial charge on any atom is 0.165 e. The van der Waals surface area contributed by atoms with Gasteiger partial charge in [0.05, 0.1) is 11.1 Å². The molecule has 0 saturated carbocycles. The molecule has 1 aliphatic carbocycles. The van der Waals surface area contributed by atoms with E-state index in [2.05, 4.69) is 36.1 Å². The minimum atomic E-state index is 0.312. The van der Waals surface area contributed by atoms with Gasteiger partial charge in [-0.1, -0.05) is 12.1 Å². The van der Waals surface area contributed by atoms with Crippen molar-refractivity contribution in [2.45, 2.75) is 39.0 Å². The molecule has 2 heterocycles. The minimum Gasteiger partial charge on any atom is -0.508 e. The zero-order valence-corrected chi connectivity index (χ0v) is 14.1. The van der Waals surface area contributed by atoms with E-state index in [0.717, 1.165) is 54.6 Å². The number of aliphatic hydroxyl groups is 1. The lowest BCUT2D eigenvalue weighted by Crippen LogP contribution is -2.20. The van der Waals surface area contributed by atoms with Crippen LogP contribution in [0.4, 0.5) is 5.82 Å². The molecule has 0 amide bonds. The number of allylic oxidation sites excluding steroid dienone is 3. The monoisotopic (exact) mass is 321 g/mol. The number of hydrogen-bond donors (Lipinski definition) is 1. The third-order valence-electron chi connectivity index (χ3n) is 4.85. The second-order valence-corrected chi connectivity index (χ2v) is 6.72. The number of anilines is 1. The fourth-order valence-electron chi connectivity index (χ4n) is 3.54. The predicted octanol–water partition coefficient (Wildman–Crippen LogP) is 4.55. The topological polar surface area (TPSA) is 49.2 Å². The number of benzene rings is 1. The smallest absolute Gasteiger partial charge is 0.165 e. The van der Waals surface area contributed by atoms with Crippen molar-refractivity contribution in [2.75, 3.05) is 18.0 Å². The summed E-state index contributed by atoms with van der Waals surface area (Å²) in [6.07, 6.45) is 9.28. The van der Waals surface area contributed by atoms with Crippen LogP contribution in [0.3, 0.4) is 0 Å². The van der Waals surface area contributed by atoms with Crippen molar-refractivity contribution < 1.29 is 5.11 Å². The number of aromatic nitrogens is 2. The van der Waals surface area contributed by atoms with Crippen LogP contribution in [-0.2, 0) is 0 Å². The predicted molar refractivity (Wildman–Crippen MR) is 98.3 cm³/mol. The Kier molecular flexibility index (Phi) is 3.97. The number of hydrogen-bond acceptors (Lipinski definition) is 4. The Morgan fingerprint density at radius 3 is 2.62 bits per heavy atom. The Morgan fingerprint density at radius 1 is 1.00 bits per heavy atom. The maximum atomic E-state index is 10.4. The second-order valence-electron chi connectivity index (χ2n) is 6.72. The number of rotatable bonds is 2. The molecular weight excluding hydrogens is 298 g/mol. The minimum absolute atomic E-state index is 0.312. The van der Waals surface area contributed by atoms with E-state index in [0.29, 0.717) is 11.6 Å². The van der Waals surface area contributed by atoms with Crippen LogP contribution in [0, 0.1) is 6.92 Å². The molecule has 2 aromatic rings. The average molecular weight is 321 g/mol. The molecule has 1 aromatic carbocycles. The summed E-state index contributed by atoms with van der Waals surface area (Å²) in [4.78, 5) is 12.0. The summed E-state index contributed by atoms with van der Waals surface area (Å²) >= 11 is 0. The molecule has 4 heteroatoms. The third-order valence-corrected chi connectivity index (χ3v) is 4.85. The second kappa shape index (κ2) is 6.27. The lowest BCUT2D eigenvalue weighted by atomic mass is 10.1. The van der Waals surface area contributed by atoms with Gasteiger partial charge in [-0.15, -0.1) is 0 Å². The van der Waals surface area contributed by atoms with Crippen molar-refractivity contribution in [2.24, 2.45) is 0 Å². The molecule has 1 aliphatic heterocycles. The van der Waals surface area contributed by atoms with Crippen molar-refractivity contribution >= 4 is 22.3 Å². The molecule has 0 spiro atoms. The molecule has 1 aromatic heterocycles. The fourth-order valence-corrected chi connectivity index (χ4v) is 3.54. The Balaban J connectivity index is 1.91. The summed E-state index contributed by atoms with van der Waals surface area (Å²) in [6, 6.07) is 6.35. The molecule has 1 saturated heterocycles. The normalized spacial score (nSPS) is 18.5. The summed E-state index contributed by atoms with van der Waals surface area (Å²) in [5.74, 6) is 1.96. The van der Waals surface area contributed by atoms with Crippen LogP contribution in [0.25, 0.3) is 16.5 Å². The third kappa shape index (κ3) is 2.77. The van der Waals surface area contributed by atoms with Crippen LogP contribution >= 0.6 is 0 Å². The highest BCUT2D eigenvalue weighted by atomic mass is 16.3. The van der Waals surface area contributed by atoms with E-state index >= 15 is 0 Å². The van der Waals surface area contributed by atoms with Crippen LogP contribution in [0.2, 0.25) is 0 Å². The van der Waals surface area contributed by atoms with Crippen molar-refractivity contribution in [3.8, 4) is 0 Å². The van der Waals surface area contributed by atoms with Gasteiger partial charge in [-0.3, -0.25) is 0 Å². The zero-order valence-electron chi connectivity index (χ0n) is 14.1. The van der Waals surface area contributed by atoms with Crippen LogP contribution in [0.5, 0.6) is 0 Å². The van der Waals surface area contributed by atoms with Gasteiger partial charge in [0.25, 0.3) is 0 Å². The molecule has 4 rings (SSSR count). The molecule has 1 N–H and O–H groups in total. The van der Waals surface area contributed by atoms with E-state index in [1.54, 1.807) is 0 Å². The van der Waals surface area contributed by atoms with E-state index in [9.17, 15) is 5.11 Å². The maximum absolute atomic E-state index is 10.4. The zero-order chi connectivity index (χ0) is 16.5. The lowest BCUT2D eigenvalue weighted by Gasteiger charge is -2.20. The van der Waals surface area contributed by atoms with Crippen LogP contribution in [0.15, 0.2) is 36.1 Å². The Labute approximate surface area is 142 Å². The van der Waals surface area contributed by atoms with E-state index in [-0.39, 0.29) is 0 Å². The first kappa shape index (κ1) is 15.2. The standard InChI is InChI=1S/C20H23N3O/c1-14-9-10-15-17(13-14)21-19(16-7-3-2-4-8-18(16)24)22-20(15)23-11-5-6-12-23/h7-10,13,24H,2-6,11-12H2,1H3. The van der Waals surface area contributed by atoms with Gasteiger partial charge in [-0.2, -0.15) is 0 Å². The summed E-state index contributed by atoms with van der Waals surface area (Å²) in [5.41, 5.74) is 2.92. The molecule has 124 valence electrons. The number of aliphatic hydroxyl groups excluding tert-OH is 1. The Bertz CT molecular complexity index is 832. The summed E-state index contributed by atoms with van der Waals surface area (Å²) in [6.45, 7) is 4.17. The summed E-state index contributed by atoms with van der Waals surface area (Å²) < 4.78 is 0. The van der Waals surface area contributed by atoms with Gasteiger partial charge in [-0.25, -0.2) is 9.97 Å². The highest BCUT2D eigenvalue weighted by Crippen LogP contribution is 2.31. The molecule has 0 atom stereocenters. The number of aryl methyl sites for hydroxylation is 1. The largest absolute Gasteiger partial charge is 0.508 e. The van der Waals surface area contributed by atoms with Gasteiger partial charge >= 0.3 is 0 Å². The Morgan fingerprint density at radius 2 is 1.79 bits per heavy atom. The molecule has 0 bridgehead atoms. The van der Waals surface area contributed by atoms with Gasteiger partial charge in [0.15, 0.2) is 5.82 Å². The first-order chi connectivity index (χ1) is 11.7. The van der Waals surface area contributed by atoms with E-state index < -0.39 is 0 Å². The molecule has 1 fully saturated rings. The number of nitrogens with zero attached hydrogens (tertiary/aromatic N) is 3. The summed E-state index contributed by atoms with van der Waals surface area (Å²) in [5, 5.41) is 11.5. The molecular formula is C20H23N3O.